The quantitative estimate of drug-likeness (QED) is 0.234. The minimum absolute atomic E-state index is 0.300. The number of benzene rings is 2. The first-order chi connectivity index (χ1) is 16.5. The Bertz CT molecular complexity index is 1400. The molecule has 34 heavy (non-hydrogen) atoms. The van der Waals surface area contributed by atoms with E-state index in [2.05, 4.69) is 16.4 Å². The summed E-state index contributed by atoms with van der Waals surface area (Å²) >= 11 is 8.63. The van der Waals surface area contributed by atoms with Crippen LogP contribution in [0.3, 0.4) is 0 Å². The molecule has 0 unspecified atom stereocenters. The Morgan fingerprint density at radius 1 is 1.09 bits per heavy atom. The Kier molecular flexibility index (Phi) is 7.18. The summed E-state index contributed by atoms with van der Waals surface area (Å²) in [5.41, 5.74) is 2.53. The van der Waals surface area contributed by atoms with E-state index in [0.29, 0.717) is 37.4 Å². The molecule has 0 atom stereocenters. The number of thiazole rings is 1. The normalized spacial score (nSPS) is 11.0. The van der Waals surface area contributed by atoms with Gasteiger partial charge in [-0.2, -0.15) is 5.26 Å². The molecule has 0 radical (unpaired) electrons. The molecule has 4 rings (SSSR count). The van der Waals surface area contributed by atoms with E-state index in [9.17, 15) is 14.9 Å². The molecular formula is C25H16ClN3O3S2. The summed E-state index contributed by atoms with van der Waals surface area (Å²) in [6, 6.07) is 19.3. The second-order valence-corrected chi connectivity index (χ2v) is 9.30. The van der Waals surface area contributed by atoms with Crippen molar-refractivity contribution < 1.29 is 14.3 Å². The van der Waals surface area contributed by atoms with Gasteiger partial charge in [-0.05, 0) is 59.5 Å². The van der Waals surface area contributed by atoms with Crippen LogP contribution in [0.25, 0.3) is 22.2 Å². The summed E-state index contributed by atoms with van der Waals surface area (Å²) in [5, 5.41) is 16.2. The second kappa shape index (κ2) is 10.4. The maximum Gasteiger partial charge on any atom is 0.337 e. The number of aromatic nitrogens is 1. The first kappa shape index (κ1) is 23.4. The fourth-order valence-corrected chi connectivity index (χ4v) is 4.87. The lowest BCUT2D eigenvalue weighted by atomic mass is 10.1. The van der Waals surface area contributed by atoms with Crippen LogP contribution in [0, 0.1) is 11.3 Å². The molecule has 1 amide bonds. The Hall–Kier alpha value is -3.77. The first-order valence-electron chi connectivity index (χ1n) is 9.90. The number of nitrogens with one attached hydrogen (secondary N) is 1. The number of methoxy groups -OCH3 is 1. The van der Waals surface area contributed by atoms with Crippen LogP contribution in [0.1, 0.15) is 31.3 Å². The van der Waals surface area contributed by atoms with Crippen molar-refractivity contribution in [2.75, 3.05) is 12.4 Å². The lowest BCUT2D eigenvalue weighted by molar-refractivity contribution is 0.0600. The Balaban J connectivity index is 1.68. The number of halogens is 1. The van der Waals surface area contributed by atoms with Gasteiger partial charge in [0.2, 0.25) is 0 Å². The van der Waals surface area contributed by atoms with E-state index in [0.717, 1.165) is 10.4 Å². The number of nitriles is 1. The van der Waals surface area contributed by atoms with Crippen LogP contribution in [-0.4, -0.2) is 24.0 Å². The fraction of sp³-hybridized carbons (Fsp3) is 0.0400. The summed E-state index contributed by atoms with van der Waals surface area (Å²) in [5.74, 6) is -0.733. The van der Waals surface area contributed by atoms with Crippen molar-refractivity contribution in [2.45, 2.75) is 0 Å². The van der Waals surface area contributed by atoms with Crippen LogP contribution in [0.4, 0.5) is 5.00 Å². The van der Waals surface area contributed by atoms with Crippen LogP contribution >= 0.6 is 34.3 Å². The van der Waals surface area contributed by atoms with E-state index in [-0.39, 0.29) is 5.91 Å². The average Bonchev–Trinajstić information content (AvgIpc) is 3.53. The van der Waals surface area contributed by atoms with Gasteiger partial charge in [0.25, 0.3) is 5.91 Å². The molecule has 9 heteroatoms. The van der Waals surface area contributed by atoms with Crippen LogP contribution in [0.2, 0.25) is 5.02 Å². The topological polar surface area (TPSA) is 92.1 Å². The predicted octanol–water partition coefficient (Wildman–Crippen LogP) is 6.63. The summed E-state index contributed by atoms with van der Waals surface area (Å²) < 4.78 is 4.71. The number of anilines is 1. The number of carbonyl (C=O) groups is 2. The van der Waals surface area contributed by atoms with Gasteiger partial charge in [-0.3, -0.25) is 4.79 Å². The van der Waals surface area contributed by atoms with Crippen molar-refractivity contribution in [1.82, 2.24) is 4.98 Å². The summed E-state index contributed by atoms with van der Waals surface area (Å²) in [6.45, 7) is 0. The highest BCUT2D eigenvalue weighted by molar-refractivity contribution is 7.19. The average molecular weight is 506 g/mol. The number of allylic oxidation sites excluding steroid dienone is 1. The molecule has 6 nitrogen and oxygen atoms in total. The molecule has 0 aliphatic carbocycles. The number of rotatable bonds is 6. The van der Waals surface area contributed by atoms with E-state index in [4.69, 9.17) is 16.3 Å². The number of thiophene rings is 1. The molecule has 4 aromatic rings. The maximum absolute atomic E-state index is 12.8. The molecule has 2 aromatic heterocycles. The molecule has 2 aromatic carbocycles. The SMILES string of the molecule is COC(=O)c1ccc(/C=C(/C#N)c2nc(-c3cccs3)c(NC(=O)c3ccc(Cl)cc3)s2)cc1. The molecular weight excluding hydrogens is 490 g/mol. The third-order valence-electron chi connectivity index (χ3n) is 4.71. The minimum Gasteiger partial charge on any atom is -0.465 e. The summed E-state index contributed by atoms with van der Waals surface area (Å²) in [4.78, 5) is 30.0. The number of hydrogen-bond donors (Lipinski definition) is 1. The number of esters is 1. The van der Waals surface area contributed by atoms with Gasteiger partial charge in [-0.25, -0.2) is 9.78 Å². The van der Waals surface area contributed by atoms with Crippen molar-refractivity contribution in [3.8, 4) is 16.6 Å². The van der Waals surface area contributed by atoms with Crippen molar-refractivity contribution in [2.24, 2.45) is 0 Å². The summed E-state index contributed by atoms with van der Waals surface area (Å²) in [7, 11) is 1.32. The number of hydrogen-bond acceptors (Lipinski definition) is 7. The standard InChI is InChI=1S/C25H16ClN3O3S2/c1-32-25(31)17-6-4-15(5-7-17)13-18(14-27)23-28-21(20-3-2-12-33-20)24(34-23)29-22(30)16-8-10-19(26)11-9-16/h2-13H,1H3,(H,29,30)/b18-13-. The fourth-order valence-electron chi connectivity index (χ4n) is 3.02. The predicted molar refractivity (Wildman–Crippen MR) is 136 cm³/mol. The largest absolute Gasteiger partial charge is 0.465 e. The third kappa shape index (κ3) is 5.24. The van der Waals surface area contributed by atoms with Crippen molar-refractivity contribution in [3.05, 3.63) is 92.8 Å². The molecule has 168 valence electrons. The number of carbonyl (C=O) groups excluding carboxylic acids is 2. The molecule has 1 N–H and O–H groups in total. The van der Waals surface area contributed by atoms with Crippen molar-refractivity contribution >= 4 is 62.8 Å². The highest BCUT2D eigenvalue weighted by atomic mass is 35.5. The molecule has 0 saturated heterocycles. The van der Waals surface area contributed by atoms with Crippen LogP contribution in [-0.2, 0) is 4.74 Å². The highest BCUT2D eigenvalue weighted by Gasteiger charge is 2.19. The van der Waals surface area contributed by atoms with Gasteiger partial charge in [0.1, 0.15) is 21.8 Å². The van der Waals surface area contributed by atoms with Crippen molar-refractivity contribution in [3.63, 3.8) is 0 Å². The Morgan fingerprint density at radius 3 is 2.41 bits per heavy atom. The summed E-state index contributed by atoms with van der Waals surface area (Å²) in [6.07, 6.45) is 1.68. The third-order valence-corrected chi connectivity index (χ3v) is 6.84. The Labute approximate surface area is 208 Å². The van der Waals surface area contributed by atoms with Crippen molar-refractivity contribution in [1.29, 1.82) is 5.26 Å². The van der Waals surface area contributed by atoms with Gasteiger partial charge < -0.3 is 10.1 Å². The Morgan fingerprint density at radius 2 is 1.79 bits per heavy atom. The highest BCUT2D eigenvalue weighted by Crippen LogP contribution is 2.38. The second-order valence-electron chi connectivity index (χ2n) is 6.92. The number of ether oxygens (including phenoxy) is 1. The van der Waals surface area contributed by atoms with Gasteiger partial charge in [0.15, 0.2) is 0 Å². The molecule has 0 aliphatic rings. The van der Waals surface area contributed by atoms with Crippen LogP contribution in [0.15, 0.2) is 66.0 Å². The number of amides is 1. The van der Waals surface area contributed by atoms with E-state index >= 15 is 0 Å². The molecule has 0 spiro atoms. The van der Waals surface area contributed by atoms with E-state index in [1.54, 1.807) is 54.6 Å². The molecule has 0 saturated carbocycles. The van der Waals surface area contributed by atoms with E-state index in [1.165, 1.54) is 29.8 Å². The smallest absolute Gasteiger partial charge is 0.337 e. The van der Waals surface area contributed by atoms with Crippen LogP contribution in [0.5, 0.6) is 0 Å². The monoisotopic (exact) mass is 505 g/mol. The van der Waals surface area contributed by atoms with Crippen LogP contribution < -0.4 is 5.32 Å². The molecule has 0 bridgehead atoms. The lowest BCUT2D eigenvalue weighted by Crippen LogP contribution is -2.11. The van der Waals surface area contributed by atoms with Gasteiger partial charge >= 0.3 is 5.97 Å². The van der Waals surface area contributed by atoms with E-state index in [1.807, 2.05) is 17.5 Å². The van der Waals surface area contributed by atoms with Gasteiger partial charge in [-0.1, -0.05) is 41.1 Å². The molecule has 0 fully saturated rings. The first-order valence-corrected chi connectivity index (χ1v) is 12.0. The minimum atomic E-state index is -0.433. The molecule has 2 heterocycles. The maximum atomic E-state index is 12.8. The van der Waals surface area contributed by atoms with Gasteiger partial charge in [0.05, 0.1) is 23.1 Å². The number of nitrogens with zero attached hydrogens (tertiary/aromatic N) is 2. The zero-order valence-corrected chi connectivity index (χ0v) is 20.1. The van der Waals surface area contributed by atoms with Gasteiger partial charge in [0, 0.05) is 10.6 Å². The zero-order valence-electron chi connectivity index (χ0n) is 17.7. The van der Waals surface area contributed by atoms with E-state index < -0.39 is 5.97 Å². The molecule has 0 aliphatic heterocycles. The zero-order chi connectivity index (χ0) is 24.1. The van der Waals surface area contributed by atoms with Gasteiger partial charge in [-0.15, -0.1) is 11.3 Å². The lowest BCUT2D eigenvalue weighted by Gasteiger charge is -2.04.